The third kappa shape index (κ3) is 6.90. The SMILES string of the molecule is CN(CC(C)(C)O)C(=O)CCCNC(=O)c1ccccc1. The van der Waals surface area contributed by atoms with Crippen LogP contribution in [-0.4, -0.2) is 47.6 Å². The molecule has 5 heteroatoms. The number of carbonyl (C=O) groups is 2. The van der Waals surface area contributed by atoms with Gasteiger partial charge in [-0.1, -0.05) is 18.2 Å². The third-order valence-corrected chi connectivity index (χ3v) is 2.94. The molecule has 0 unspecified atom stereocenters. The van der Waals surface area contributed by atoms with Crippen molar-refractivity contribution in [1.82, 2.24) is 10.2 Å². The van der Waals surface area contributed by atoms with E-state index in [1.165, 1.54) is 4.90 Å². The lowest BCUT2D eigenvalue weighted by molar-refractivity contribution is -0.132. The van der Waals surface area contributed by atoms with Gasteiger partial charge >= 0.3 is 0 Å². The van der Waals surface area contributed by atoms with Crippen molar-refractivity contribution in [2.75, 3.05) is 20.1 Å². The van der Waals surface area contributed by atoms with Crippen LogP contribution in [0.3, 0.4) is 0 Å². The molecule has 1 rings (SSSR count). The molecule has 2 N–H and O–H groups in total. The maximum atomic E-state index is 11.8. The summed E-state index contributed by atoms with van der Waals surface area (Å²) in [6.45, 7) is 4.08. The maximum absolute atomic E-state index is 11.8. The molecule has 1 aromatic rings. The highest BCUT2D eigenvalue weighted by molar-refractivity contribution is 5.94. The first-order valence-electron chi connectivity index (χ1n) is 7.09. The molecule has 0 aliphatic rings. The average Bonchev–Trinajstić information content (AvgIpc) is 2.42. The van der Waals surface area contributed by atoms with E-state index in [9.17, 15) is 14.7 Å². The second-order valence-corrected chi connectivity index (χ2v) is 5.79. The zero-order valence-corrected chi connectivity index (χ0v) is 12.9. The van der Waals surface area contributed by atoms with Gasteiger partial charge in [0.15, 0.2) is 0 Å². The molecule has 0 aliphatic heterocycles. The van der Waals surface area contributed by atoms with E-state index in [0.717, 1.165) is 0 Å². The van der Waals surface area contributed by atoms with Gasteiger partial charge in [0.05, 0.1) is 5.60 Å². The number of nitrogens with one attached hydrogen (secondary N) is 1. The first kappa shape index (κ1) is 17.2. The van der Waals surface area contributed by atoms with Crippen LogP contribution in [0.5, 0.6) is 0 Å². The number of benzene rings is 1. The zero-order valence-electron chi connectivity index (χ0n) is 12.9. The second kappa shape index (κ2) is 7.78. The Balaban J connectivity index is 2.25. The number of likely N-dealkylation sites (N-methyl/N-ethyl adjacent to an activating group) is 1. The molecule has 0 aromatic heterocycles. The Morgan fingerprint density at radius 2 is 1.86 bits per heavy atom. The molecule has 0 aliphatic carbocycles. The Bertz CT molecular complexity index is 466. The van der Waals surface area contributed by atoms with Gasteiger partial charge in [0.2, 0.25) is 5.91 Å². The minimum absolute atomic E-state index is 0.0360. The van der Waals surface area contributed by atoms with Crippen molar-refractivity contribution < 1.29 is 14.7 Å². The van der Waals surface area contributed by atoms with Crippen LogP contribution < -0.4 is 5.32 Å². The summed E-state index contributed by atoms with van der Waals surface area (Å²) in [7, 11) is 1.67. The van der Waals surface area contributed by atoms with Crippen molar-refractivity contribution in [3.63, 3.8) is 0 Å². The molecule has 1 aromatic carbocycles. The highest BCUT2D eigenvalue weighted by Crippen LogP contribution is 2.05. The van der Waals surface area contributed by atoms with Crippen LogP contribution in [0, 0.1) is 0 Å². The van der Waals surface area contributed by atoms with Gasteiger partial charge in [0.1, 0.15) is 0 Å². The topological polar surface area (TPSA) is 69.6 Å². The Morgan fingerprint density at radius 1 is 1.24 bits per heavy atom. The molecule has 0 heterocycles. The van der Waals surface area contributed by atoms with E-state index in [-0.39, 0.29) is 11.8 Å². The van der Waals surface area contributed by atoms with E-state index in [1.54, 1.807) is 33.0 Å². The minimum atomic E-state index is -0.897. The summed E-state index contributed by atoms with van der Waals surface area (Å²) >= 11 is 0. The first-order chi connectivity index (χ1) is 9.79. The Morgan fingerprint density at radius 3 is 2.43 bits per heavy atom. The summed E-state index contributed by atoms with van der Waals surface area (Å²) in [6, 6.07) is 8.97. The number of hydrogen-bond donors (Lipinski definition) is 2. The van der Waals surface area contributed by atoms with Gasteiger partial charge in [0.25, 0.3) is 5.91 Å². The summed E-state index contributed by atoms with van der Waals surface area (Å²) in [5.41, 5.74) is -0.283. The van der Waals surface area contributed by atoms with Crippen LogP contribution in [0.4, 0.5) is 0 Å². The third-order valence-electron chi connectivity index (χ3n) is 2.94. The molecule has 0 spiro atoms. The molecular formula is C16H24N2O3. The number of amides is 2. The monoisotopic (exact) mass is 292 g/mol. The molecule has 21 heavy (non-hydrogen) atoms. The van der Waals surface area contributed by atoms with Crippen LogP contribution in [0.1, 0.15) is 37.0 Å². The fourth-order valence-corrected chi connectivity index (χ4v) is 1.99. The fraction of sp³-hybridized carbons (Fsp3) is 0.500. The summed E-state index contributed by atoms with van der Waals surface area (Å²) in [4.78, 5) is 25.1. The van der Waals surface area contributed by atoms with Gasteiger partial charge in [-0.25, -0.2) is 0 Å². The lowest BCUT2D eigenvalue weighted by Gasteiger charge is -2.25. The molecule has 0 atom stereocenters. The number of carbonyl (C=O) groups excluding carboxylic acids is 2. The second-order valence-electron chi connectivity index (χ2n) is 5.79. The van der Waals surface area contributed by atoms with Crippen LogP contribution in [0.15, 0.2) is 30.3 Å². The van der Waals surface area contributed by atoms with Crippen LogP contribution >= 0.6 is 0 Å². The summed E-state index contributed by atoms with van der Waals surface area (Å²) < 4.78 is 0. The van der Waals surface area contributed by atoms with E-state index < -0.39 is 5.60 Å². The molecular weight excluding hydrogens is 268 g/mol. The lowest BCUT2D eigenvalue weighted by atomic mass is 10.1. The first-order valence-corrected chi connectivity index (χ1v) is 7.09. The smallest absolute Gasteiger partial charge is 0.251 e. The van der Waals surface area contributed by atoms with E-state index >= 15 is 0 Å². The molecule has 2 amide bonds. The van der Waals surface area contributed by atoms with Crippen molar-refractivity contribution in [3.8, 4) is 0 Å². The summed E-state index contributed by atoms with van der Waals surface area (Å²) in [6.07, 6.45) is 0.926. The van der Waals surface area contributed by atoms with Gasteiger partial charge in [-0.15, -0.1) is 0 Å². The number of aliphatic hydroxyl groups is 1. The average molecular weight is 292 g/mol. The van der Waals surface area contributed by atoms with E-state index in [2.05, 4.69) is 5.32 Å². The predicted octanol–water partition coefficient (Wildman–Crippen LogP) is 1.43. The van der Waals surface area contributed by atoms with Gasteiger partial charge in [0, 0.05) is 32.1 Å². The van der Waals surface area contributed by atoms with Crippen molar-refractivity contribution in [3.05, 3.63) is 35.9 Å². The van der Waals surface area contributed by atoms with Crippen molar-refractivity contribution in [1.29, 1.82) is 0 Å². The molecule has 0 bridgehead atoms. The van der Waals surface area contributed by atoms with Crippen molar-refractivity contribution >= 4 is 11.8 Å². The van der Waals surface area contributed by atoms with E-state index in [0.29, 0.717) is 31.5 Å². The van der Waals surface area contributed by atoms with Gasteiger partial charge < -0.3 is 15.3 Å². The largest absolute Gasteiger partial charge is 0.389 e. The molecule has 0 radical (unpaired) electrons. The number of hydrogen-bond acceptors (Lipinski definition) is 3. The zero-order chi connectivity index (χ0) is 15.9. The quantitative estimate of drug-likeness (QED) is 0.747. The lowest BCUT2D eigenvalue weighted by Crippen LogP contribution is -2.39. The molecule has 0 saturated carbocycles. The highest BCUT2D eigenvalue weighted by atomic mass is 16.3. The predicted molar refractivity (Wildman–Crippen MR) is 81.9 cm³/mol. The normalized spacial score (nSPS) is 11.0. The molecule has 116 valence electrons. The van der Waals surface area contributed by atoms with E-state index in [1.807, 2.05) is 18.2 Å². The fourth-order valence-electron chi connectivity index (χ4n) is 1.99. The van der Waals surface area contributed by atoms with Crippen molar-refractivity contribution in [2.24, 2.45) is 0 Å². The highest BCUT2D eigenvalue weighted by Gasteiger charge is 2.18. The Kier molecular flexibility index (Phi) is 6.37. The maximum Gasteiger partial charge on any atom is 0.251 e. The van der Waals surface area contributed by atoms with Crippen LogP contribution in [-0.2, 0) is 4.79 Å². The Labute approximate surface area is 126 Å². The minimum Gasteiger partial charge on any atom is -0.389 e. The van der Waals surface area contributed by atoms with Gasteiger partial charge in [-0.05, 0) is 32.4 Å². The number of nitrogens with zero attached hydrogens (tertiary/aromatic N) is 1. The Hall–Kier alpha value is -1.88. The number of rotatable bonds is 7. The van der Waals surface area contributed by atoms with Crippen LogP contribution in [0.25, 0.3) is 0 Å². The van der Waals surface area contributed by atoms with Gasteiger partial charge in [-0.2, -0.15) is 0 Å². The van der Waals surface area contributed by atoms with E-state index in [4.69, 9.17) is 0 Å². The van der Waals surface area contributed by atoms with Crippen molar-refractivity contribution in [2.45, 2.75) is 32.3 Å². The molecule has 0 fully saturated rings. The molecule has 0 saturated heterocycles. The summed E-state index contributed by atoms with van der Waals surface area (Å²) in [5.74, 6) is -0.168. The van der Waals surface area contributed by atoms with Crippen LogP contribution in [0.2, 0.25) is 0 Å². The molecule has 5 nitrogen and oxygen atoms in total. The van der Waals surface area contributed by atoms with Gasteiger partial charge in [-0.3, -0.25) is 9.59 Å². The standard InChI is InChI=1S/C16H24N2O3/c1-16(2,21)12-18(3)14(19)10-7-11-17-15(20)13-8-5-4-6-9-13/h4-6,8-9,21H,7,10-12H2,1-3H3,(H,17,20). The summed E-state index contributed by atoms with van der Waals surface area (Å²) in [5, 5.41) is 12.4.